The Balaban J connectivity index is 1.31. The monoisotopic (exact) mass is 452 g/mol. The molecule has 1 aliphatic heterocycles. The highest BCUT2D eigenvalue weighted by Crippen LogP contribution is 2.59. The number of ether oxygens (including phenoxy) is 1. The Kier molecular flexibility index (Phi) is 5.37. The largest absolute Gasteiger partial charge is 0.379 e. The first-order valence-corrected chi connectivity index (χ1v) is 12.8. The van der Waals surface area contributed by atoms with Crippen molar-refractivity contribution in [2.75, 3.05) is 32.8 Å². The Labute approximate surface area is 183 Å². The molecule has 30 heavy (non-hydrogen) atoms. The predicted molar refractivity (Wildman–Crippen MR) is 114 cm³/mol. The van der Waals surface area contributed by atoms with Crippen molar-refractivity contribution in [2.24, 2.45) is 23.2 Å². The van der Waals surface area contributed by atoms with Gasteiger partial charge in [0.2, 0.25) is 10.0 Å². The van der Waals surface area contributed by atoms with Crippen molar-refractivity contribution in [3.8, 4) is 0 Å². The van der Waals surface area contributed by atoms with Crippen molar-refractivity contribution in [3.05, 3.63) is 28.8 Å². The van der Waals surface area contributed by atoms with Gasteiger partial charge in [-0.3, -0.25) is 4.79 Å². The van der Waals surface area contributed by atoms with Crippen LogP contribution in [0.4, 0.5) is 0 Å². The minimum absolute atomic E-state index is 0.00600. The highest BCUT2D eigenvalue weighted by Gasteiger charge is 2.50. The van der Waals surface area contributed by atoms with E-state index in [-0.39, 0.29) is 21.2 Å². The van der Waals surface area contributed by atoms with E-state index in [4.69, 9.17) is 16.3 Å². The van der Waals surface area contributed by atoms with E-state index >= 15 is 0 Å². The lowest BCUT2D eigenvalue weighted by molar-refractivity contribution is -0.0503. The molecule has 1 amide bonds. The maximum Gasteiger partial charge on any atom is 0.251 e. The molecule has 4 aliphatic carbocycles. The minimum Gasteiger partial charge on any atom is -0.379 e. The van der Waals surface area contributed by atoms with Crippen LogP contribution in [0.15, 0.2) is 23.1 Å². The molecule has 1 saturated heterocycles. The van der Waals surface area contributed by atoms with E-state index in [2.05, 4.69) is 5.32 Å². The van der Waals surface area contributed by atoms with E-state index in [1.54, 1.807) is 6.07 Å². The number of halogens is 1. The number of nitrogens with one attached hydrogen (secondary N) is 1. The number of rotatable bonds is 5. The average molecular weight is 453 g/mol. The van der Waals surface area contributed by atoms with Crippen molar-refractivity contribution in [1.82, 2.24) is 9.62 Å². The summed E-state index contributed by atoms with van der Waals surface area (Å²) >= 11 is 6.22. The van der Waals surface area contributed by atoms with Gasteiger partial charge in [-0.1, -0.05) is 11.6 Å². The van der Waals surface area contributed by atoms with Crippen LogP contribution in [0.1, 0.15) is 48.9 Å². The summed E-state index contributed by atoms with van der Waals surface area (Å²) in [6.07, 6.45) is 7.76. The standard InChI is InChI=1S/C22H29ClN2O4S/c23-19-2-1-18(10-20(19)30(27,28)25-3-5-29-6-4-25)21(26)24-14-22-11-15-7-16(12-22)9-17(8-15)13-22/h1-2,10,15-17H,3-9,11-14H2,(H,24,26). The van der Waals surface area contributed by atoms with Gasteiger partial charge in [0.25, 0.3) is 5.91 Å². The second-order valence-corrected chi connectivity index (χ2v) is 12.1. The van der Waals surface area contributed by atoms with E-state index in [9.17, 15) is 13.2 Å². The van der Waals surface area contributed by atoms with Gasteiger partial charge in [0.05, 0.1) is 18.2 Å². The molecule has 0 unspecified atom stereocenters. The fourth-order valence-corrected chi connectivity index (χ4v) is 8.55. The fraction of sp³-hybridized carbons (Fsp3) is 0.682. The Morgan fingerprint density at radius 2 is 1.70 bits per heavy atom. The maximum atomic E-state index is 13.0. The van der Waals surface area contributed by atoms with Crippen molar-refractivity contribution in [2.45, 2.75) is 43.4 Å². The SMILES string of the molecule is O=C(NCC12CC3CC(CC(C3)C1)C2)c1ccc(Cl)c(S(=O)(=O)N2CCOCC2)c1. The molecule has 1 aromatic rings. The Morgan fingerprint density at radius 1 is 1.10 bits per heavy atom. The van der Waals surface area contributed by atoms with E-state index in [0.717, 1.165) is 17.8 Å². The van der Waals surface area contributed by atoms with Gasteiger partial charge in [-0.25, -0.2) is 8.42 Å². The van der Waals surface area contributed by atoms with Crippen LogP contribution in [0.3, 0.4) is 0 Å². The van der Waals surface area contributed by atoms with Gasteiger partial charge in [-0.05, 0) is 79.9 Å². The summed E-state index contributed by atoms with van der Waals surface area (Å²) in [4.78, 5) is 12.9. The number of hydrogen-bond acceptors (Lipinski definition) is 4. The molecule has 164 valence electrons. The van der Waals surface area contributed by atoms with Gasteiger partial charge in [0, 0.05) is 25.2 Å². The van der Waals surface area contributed by atoms with Gasteiger partial charge in [0.15, 0.2) is 0 Å². The molecule has 1 N–H and O–H groups in total. The summed E-state index contributed by atoms with van der Waals surface area (Å²) in [5, 5.41) is 3.26. The number of amides is 1. The number of carbonyl (C=O) groups is 1. The number of benzene rings is 1. The van der Waals surface area contributed by atoms with Gasteiger partial charge in [0.1, 0.15) is 4.90 Å². The second kappa shape index (κ2) is 7.76. The number of nitrogens with zero attached hydrogens (tertiary/aromatic N) is 1. The summed E-state index contributed by atoms with van der Waals surface area (Å²) in [6.45, 7) is 2.00. The van der Waals surface area contributed by atoms with Gasteiger partial charge in [-0.15, -0.1) is 0 Å². The van der Waals surface area contributed by atoms with Gasteiger partial charge in [-0.2, -0.15) is 4.31 Å². The maximum absolute atomic E-state index is 13.0. The lowest BCUT2D eigenvalue weighted by Gasteiger charge is -2.56. The molecule has 0 spiro atoms. The number of carbonyl (C=O) groups excluding carboxylic acids is 1. The number of sulfonamides is 1. The second-order valence-electron chi connectivity index (χ2n) is 9.76. The Bertz CT molecular complexity index is 907. The van der Waals surface area contributed by atoms with Crippen LogP contribution < -0.4 is 5.32 Å². The molecule has 1 aromatic carbocycles. The molecule has 5 fully saturated rings. The van der Waals surface area contributed by atoms with E-state index in [1.807, 2.05) is 0 Å². The molecule has 0 atom stereocenters. The molecule has 4 bridgehead atoms. The Hall–Kier alpha value is -1.15. The predicted octanol–water partition coefficient (Wildman–Crippen LogP) is 3.31. The first-order valence-electron chi connectivity index (χ1n) is 11.0. The smallest absolute Gasteiger partial charge is 0.251 e. The average Bonchev–Trinajstić information content (AvgIpc) is 2.72. The van der Waals surface area contributed by atoms with Crippen LogP contribution in [0.2, 0.25) is 5.02 Å². The number of hydrogen-bond donors (Lipinski definition) is 1. The zero-order chi connectivity index (χ0) is 20.9. The molecule has 0 aromatic heterocycles. The van der Waals surface area contributed by atoms with Crippen LogP contribution >= 0.6 is 11.6 Å². The molecule has 6 rings (SSSR count). The summed E-state index contributed by atoms with van der Waals surface area (Å²) in [5.74, 6) is 2.26. The molecular weight excluding hydrogens is 424 g/mol. The molecule has 5 aliphatic rings. The quantitative estimate of drug-likeness (QED) is 0.743. The summed E-state index contributed by atoms with van der Waals surface area (Å²) < 4.78 is 32.7. The topological polar surface area (TPSA) is 75.7 Å². The van der Waals surface area contributed by atoms with Crippen LogP contribution in [-0.4, -0.2) is 51.5 Å². The van der Waals surface area contributed by atoms with Crippen molar-refractivity contribution >= 4 is 27.5 Å². The van der Waals surface area contributed by atoms with Crippen molar-refractivity contribution < 1.29 is 17.9 Å². The Morgan fingerprint density at radius 3 is 2.30 bits per heavy atom. The minimum atomic E-state index is -3.76. The zero-order valence-electron chi connectivity index (χ0n) is 17.1. The first-order chi connectivity index (χ1) is 14.3. The molecule has 4 saturated carbocycles. The molecule has 0 radical (unpaired) electrons. The van der Waals surface area contributed by atoms with Crippen LogP contribution in [0, 0.1) is 23.2 Å². The highest BCUT2D eigenvalue weighted by atomic mass is 35.5. The molecule has 6 nitrogen and oxygen atoms in total. The van der Waals surface area contributed by atoms with E-state index < -0.39 is 10.0 Å². The zero-order valence-corrected chi connectivity index (χ0v) is 18.7. The molecule has 8 heteroatoms. The normalized spacial score (nSPS) is 33.6. The third-order valence-electron chi connectivity index (χ3n) is 7.57. The lowest BCUT2D eigenvalue weighted by Crippen LogP contribution is -2.51. The number of morpholine rings is 1. The molecule has 1 heterocycles. The summed E-state index contributed by atoms with van der Waals surface area (Å²) in [6, 6.07) is 4.53. The van der Waals surface area contributed by atoms with Crippen LogP contribution in [0.5, 0.6) is 0 Å². The summed E-state index contributed by atoms with van der Waals surface area (Å²) in [5.41, 5.74) is 0.579. The summed E-state index contributed by atoms with van der Waals surface area (Å²) in [7, 11) is -3.76. The first kappa shape index (κ1) is 20.7. The van der Waals surface area contributed by atoms with E-state index in [1.165, 1.54) is 55.0 Å². The fourth-order valence-electron chi connectivity index (χ4n) is 6.64. The van der Waals surface area contributed by atoms with Crippen LogP contribution in [-0.2, 0) is 14.8 Å². The third kappa shape index (κ3) is 3.78. The van der Waals surface area contributed by atoms with Gasteiger partial charge < -0.3 is 10.1 Å². The van der Waals surface area contributed by atoms with Crippen LogP contribution in [0.25, 0.3) is 0 Å². The van der Waals surface area contributed by atoms with Crippen molar-refractivity contribution in [1.29, 1.82) is 0 Å². The van der Waals surface area contributed by atoms with Gasteiger partial charge >= 0.3 is 0 Å². The highest BCUT2D eigenvalue weighted by molar-refractivity contribution is 7.89. The lowest BCUT2D eigenvalue weighted by atomic mass is 9.49. The van der Waals surface area contributed by atoms with E-state index in [0.29, 0.717) is 38.4 Å². The van der Waals surface area contributed by atoms with Crippen molar-refractivity contribution in [3.63, 3.8) is 0 Å². The molecular formula is C22H29ClN2O4S. The third-order valence-corrected chi connectivity index (χ3v) is 9.95.